The quantitative estimate of drug-likeness (QED) is 0.917. The lowest BCUT2D eigenvalue weighted by Crippen LogP contribution is -2.47. The number of hydrogen-bond acceptors (Lipinski definition) is 2. The Morgan fingerprint density at radius 1 is 1.09 bits per heavy atom. The number of rotatable bonds is 4. The lowest BCUT2D eigenvalue weighted by Gasteiger charge is -2.36. The monoisotopic (exact) mass is 328 g/mol. The Morgan fingerprint density at radius 2 is 1.87 bits per heavy atom. The number of likely N-dealkylation sites (tertiary alicyclic amines) is 1. The lowest BCUT2D eigenvalue weighted by atomic mass is 9.88. The van der Waals surface area contributed by atoms with Gasteiger partial charge in [-0.25, -0.2) is 0 Å². The van der Waals surface area contributed by atoms with Gasteiger partial charge in [-0.3, -0.25) is 4.90 Å². The molecule has 122 valence electrons. The van der Waals surface area contributed by atoms with Crippen molar-refractivity contribution in [3.05, 3.63) is 70.2 Å². The first-order valence-corrected chi connectivity index (χ1v) is 8.74. The van der Waals surface area contributed by atoms with Gasteiger partial charge < -0.3 is 5.73 Å². The van der Waals surface area contributed by atoms with Crippen LogP contribution >= 0.6 is 11.6 Å². The van der Waals surface area contributed by atoms with Gasteiger partial charge in [0.25, 0.3) is 0 Å². The summed E-state index contributed by atoms with van der Waals surface area (Å²) < 4.78 is 0. The second-order valence-electron chi connectivity index (χ2n) is 6.88. The molecule has 2 aromatic carbocycles. The highest BCUT2D eigenvalue weighted by Crippen LogP contribution is 2.23. The van der Waals surface area contributed by atoms with Crippen LogP contribution in [0, 0.1) is 12.8 Å². The Labute approximate surface area is 144 Å². The minimum absolute atomic E-state index is 0.262. The SMILES string of the molecule is Cc1ccc(CC2CC(N)CN(Cc3cccc(Cl)c3)C2)cc1. The molecule has 0 radical (unpaired) electrons. The fourth-order valence-electron chi connectivity index (χ4n) is 3.58. The van der Waals surface area contributed by atoms with Gasteiger partial charge in [-0.15, -0.1) is 0 Å². The third-order valence-corrected chi connectivity index (χ3v) is 4.82. The van der Waals surface area contributed by atoms with Crippen molar-refractivity contribution < 1.29 is 0 Å². The molecule has 0 spiro atoms. The van der Waals surface area contributed by atoms with Gasteiger partial charge in [0.05, 0.1) is 0 Å². The van der Waals surface area contributed by atoms with Crippen LogP contribution in [0.15, 0.2) is 48.5 Å². The predicted octanol–water partition coefficient (Wildman–Crippen LogP) is 4.04. The predicted molar refractivity (Wildman–Crippen MR) is 97.7 cm³/mol. The summed E-state index contributed by atoms with van der Waals surface area (Å²) in [4.78, 5) is 2.47. The number of nitrogens with zero attached hydrogens (tertiary/aromatic N) is 1. The summed E-state index contributed by atoms with van der Waals surface area (Å²) >= 11 is 6.10. The van der Waals surface area contributed by atoms with E-state index in [9.17, 15) is 0 Å². The topological polar surface area (TPSA) is 29.3 Å². The van der Waals surface area contributed by atoms with Crippen molar-refractivity contribution >= 4 is 11.6 Å². The van der Waals surface area contributed by atoms with E-state index in [2.05, 4.69) is 48.2 Å². The van der Waals surface area contributed by atoms with Crippen LogP contribution in [0.5, 0.6) is 0 Å². The Bertz CT molecular complexity index is 638. The molecule has 3 heteroatoms. The molecule has 23 heavy (non-hydrogen) atoms. The van der Waals surface area contributed by atoms with Crippen LogP contribution in [0.2, 0.25) is 5.02 Å². The zero-order valence-electron chi connectivity index (χ0n) is 13.7. The molecule has 1 aliphatic rings. The number of piperidine rings is 1. The largest absolute Gasteiger partial charge is 0.327 e. The molecule has 0 saturated carbocycles. The Balaban J connectivity index is 1.63. The van der Waals surface area contributed by atoms with Gasteiger partial charge in [-0.1, -0.05) is 53.6 Å². The number of benzene rings is 2. The van der Waals surface area contributed by atoms with Crippen molar-refractivity contribution in [3.63, 3.8) is 0 Å². The van der Waals surface area contributed by atoms with Crippen LogP contribution in [0.25, 0.3) is 0 Å². The molecule has 2 aromatic rings. The number of nitrogens with two attached hydrogens (primary N) is 1. The molecule has 1 aliphatic heterocycles. The van der Waals surface area contributed by atoms with Gasteiger partial charge in [-0.2, -0.15) is 0 Å². The summed E-state index contributed by atoms with van der Waals surface area (Å²) in [5.41, 5.74) is 10.3. The minimum Gasteiger partial charge on any atom is -0.327 e. The van der Waals surface area contributed by atoms with E-state index >= 15 is 0 Å². The van der Waals surface area contributed by atoms with E-state index in [1.54, 1.807) is 0 Å². The summed E-state index contributed by atoms with van der Waals surface area (Å²) in [6, 6.07) is 17.3. The highest BCUT2D eigenvalue weighted by molar-refractivity contribution is 6.30. The molecular formula is C20H25ClN2. The molecule has 2 unspecified atom stereocenters. The molecular weight excluding hydrogens is 304 g/mol. The molecule has 2 nitrogen and oxygen atoms in total. The smallest absolute Gasteiger partial charge is 0.0409 e. The highest BCUT2D eigenvalue weighted by atomic mass is 35.5. The second-order valence-corrected chi connectivity index (χ2v) is 7.31. The van der Waals surface area contributed by atoms with Gasteiger partial charge in [0.1, 0.15) is 0 Å². The number of hydrogen-bond donors (Lipinski definition) is 1. The number of aryl methyl sites for hydroxylation is 1. The standard InChI is InChI=1S/C20H25ClN2/c1-15-5-7-16(8-6-15)9-18-11-20(22)14-23(13-18)12-17-3-2-4-19(21)10-17/h2-8,10,18,20H,9,11-14,22H2,1H3. The molecule has 3 rings (SSSR count). The summed E-state index contributed by atoms with van der Waals surface area (Å²) in [6.07, 6.45) is 2.22. The fourth-order valence-corrected chi connectivity index (χ4v) is 3.79. The summed E-state index contributed by atoms with van der Waals surface area (Å²) in [6.45, 7) is 5.14. The first-order chi connectivity index (χ1) is 11.1. The molecule has 0 aromatic heterocycles. The summed E-state index contributed by atoms with van der Waals surface area (Å²) in [5, 5.41) is 0.806. The van der Waals surface area contributed by atoms with E-state index < -0.39 is 0 Å². The van der Waals surface area contributed by atoms with E-state index in [1.807, 2.05) is 12.1 Å². The van der Waals surface area contributed by atoms with Crippen LogP contribution in [0.4, 0.5) is 0 Å². The van der Waals surface area contributed by atoms with Gasteiger partial charge in [0.15, 0.2) is 0 Å². The Kier molecular flexibility index (Phi) is 5.37. The van der Waals surface area contributed by atoms with E-state index in [0.717, 1.165) is 37.5 Å². The van der Waals surface area contributed by atoms with Crippen molar-refractivity contribution in [1.29, 1.82) is 0 Å². The molecule has 1 heterocycles. The minimum atomic E-state index is 0.262. The van der Waals surface area contributed by atoms with Crippen molar-refractivity contribution in [1.82, 2.24) is 4.90 Å². The van der Waals surface area contributed by atoms with Gasteiger partial charge in [-0.05, 0) is 48.9 Å². The van der Waals surface area contributed by atoms with Crippen LogP contribution in [-0.2, 0) is 13.0 Å². The Hall–Kier alpha value is -1.35. The third kappa shape index (κ3) is 4.81. The summed E-state index contributed by atoms with van der Waals surface area (Å²) in [7, 11) is 0. The molecule has 0 aliphatic carbocycles. The van der Waals surface area contributed by atoms with Crippen LogP contribution in [0.1, 0.15) is 23.1 Å². The van der Waals surface area contributed by atoms with Crippen molar-refractivity contribution in [2.24, 2.45) is 11.7 Å². The first-order valence-electron chi connectivity index (χ1n) is 8.36. The van der Waals surface area contributed by atoms with E-state index in [-0.39, 0.29) is 6.04 Å². The van der Waals surface area contributed by atoms with Gasteiger partial charge in [0.2, 0.25) is 0 Å². The van der Waals surface area contributed by atoms with Gasteiger partial charge >= 0.3 is 0 Å². The van der Waals surface area contributed by atoms with Crippen molar-refractivity contribution in [2.45, 2.75) is 32.4 Å². The van der Waals surface area contributed by atoms with Crippen molar-refractivity contribution in [2.75, 3.05) is 13.1 Å². The van der Waals surface area contributed by atoms with Gasteiger partial charge in [0, 0.05) is 30.7 Å². The Morgan fingerprint density at radius 3 is 2.61 bits per heavy atom. The average Bonchev–Trinajstić information content (AvgIpc) is 2.49. The summed E-state index contributed by atoms with van der Waals surface area (Å²) in [5.74, 6) is 0.626. The average molecular weight is 329 g/mol. The van der Waals surface area contributed by atoms with E-state index in [4.69, 9.17) is 17.3 Å². The maximum absolute atomic E-state index is 6.31. The normalized spacial score (nSPS) is 22.2. The van der Waals surface area contributed by atoms with Crippen LogP contribution in [-0.4, -0.2) is 24.0 Å². The third-order valence-electron chi connectivity index (χ3n) is 4.59. The molecule has 1 fully saturated rings. The molecule has 2 N–H and O–H groups in total. The molecule has 2 atom stereocenters. The maximum Gasteiger partial charge on any atom is 0.0409 e. The second kappa shape index (κ2) is 7.48. The number of halogens is 1. The van der Waals surface area contributed by atoms with Crippen molar-refractivity contribution in [3.8, 4) is 0 Å². The lowest BCUT2D eigenvalue weighted by molar-refractivity contribution is 0.149. The first kappa shape index (κ1) is 16.5. The highest BCUT2D eigenvalue weighted by Gasteiger charge is 2.25. The molecule has 0 amide bonds. The fraction of sp³-hybridized carbons (Fsp3) is 0.400. The van der Waals surface area contributed by atoms with E-state index in [1.165, 1.54) is 16.7 Å². The van der Waals surface area contributed by atoms with E-state index in [0.29, 0.717) is 5.92 Å². The maximum atomic E-state index is 6.31. The molecule has 0 bridgehead atoms. The van der Waals surface area contributed by atoms with Crippen LogP contribution < -0.4 is 5.73 Å². The zero-order chi connectivity index (χ0) is 16.2. The molecule has 1 saturated heterocycles. The zero-order valence-corrected chi connectivity index (χ0v) is 14.5. The van der Waals surface area contributed by atoms with Crippen LogP contribution in [0.3, 0.4) is 0 Å².